The highest BCUT2D eigenvalue weighted by molar-refractivity contribution is 6.04. The van der Waals surface area contributed by atoms with Crippen LogP contribution in [0.25, 0.3) is 16.6 Å². The van der Waals surface area contributed by atoms with Gasteiger partial charge in [-0.05, 0) is 36.1 Å². The molecule has 1 saturated heterocycles. The predicted molar refractivity (Wildman–Crippen MR) is 94.7 cm³/mol. The van der Waals surface area contributed by atoms with Crippen molar-refractivity contribution in [3.05, 3.63) is 59.8 Å². The highest BCUT2D eigenvalue weighted by Crippen LogP contribution is 2.26. The molecule has 1 amide bonds. The molecule has 0 saturated carbocycles. The summed E-state index contributed by atoms with van der Waals surface area (Å²) in [4.78, 5) is 11.6. The fourth-order valence-electron chi connectivity index (χ4n) is 3.24. The Morgan fingerprint density at radius 2 is 2.08 bits per heavy atom. The van der Waals surface area contributed by atoms with Gasteiger partial charge in [-0.2, -0.15) is 5.10 Å². The number of hydrogen-bond donors (Lipinski definition) is 2. The summed E-state index contributed by atoms with van der Waals surface area (Å²) < 4.78 is 23.9. The third-order valence-electron chi connectivity index (χ3n) is 4.51. The van der Waals surface area contributed by atoms with E-state index in [1.54, 1.807) is 16.8 Å². The molecule has 1 aromatic heterocycles. The number of nitrogens with one attached hydrogen (secondary N) is 1. The quantitative estimate of drug-likeness (QED) is 0.770. The van der Waals surface area contributed by atoms with Gasteiger partial charge < -0.3 is 11.1 Å². The van der Waals surface area contributed by atoms with Crippen molar-refractivity contribution in [1.82, 2.24) is 15.1 Å². The van der Waals surface area contributed by atoms with E-state index in [2.05, 4.69) is 10.4 Å². The van der Waals surface area contributed by atoms with Crippen LogP contribution >= 0.6 is 0 Å². The Balaban J connectivity index is 1.68. The number of carbonyl (C=O) groups excluding carboxylic acids is 1. The maximum Gasteiger partial charge on any atom is 0.250 e. The van der Waals surface area contributed by atoms with E-state index < -0.39 is 18.0 Å². The fourth-order valence-corrected chi connectivity index (χ4v) is 3.24. The lowest BCUT2D eigenvalue weighted by Gasteiger charge is -2.26. The molecule has 128 valence electrons. The molecule has 0 spiro atoms. The SMILES string of the molecule is [2H][C@]1(c2ccc(-n3cc4cccc(C(N)=O)c4n3)cc2)CNC[C@@H](F)C1. The van der Waals surface area contributed by atoms with Crippen LogP contribution < -0.4 is 11.1 Å². The Hall–Kier alpha value is -2.73. The molecule has 1 fully saturated rings. The molecular formula is C19H19FN4O. The van der Waals surface area contributed by atoms with Crippen LogP contribution in [-0.4, -0.2) is 34.9 Å². The standard InChI is InChI=1S/C19H19FN4O/c20-15-8-14(9-22-10-15)12-4-6-16(7-5-12)24-11-13-2-1-3-17(19(21)25)18(13)23-24/h1-7,11,14-15,22H,8-10H2,(H2,21,25)/t14-,15+/m1/s1/i14D. The van der Waals surface area contributed by atoms with Gasteiger partial charge >= 0.3 is 0 Å². The minimum atomic E-state index is -1.01. The fraction of sp³-hybridized carbons (Fsp3) is 0.263. The number of piperidine rings is 1. The number of halogens is 1. The Kier molecular flexibility index (Phi) is 3.67. The summed E-state index contributed by atoms with van der Waals surface area (Å²) in [5.41, 5.74) is 7.91. The van der Waals surface area contributed by atoms with Crippen molar-refractivity contribution >= 4 is 16.8 Å². The molecule has 2 heterocycles. The van der Waals surface area contributed by atoms with E-state index in [9.17, 15) is 9.18 Å². The van der Waals surface area contributed by atoms with E-state index in [0.717, 1.165) is 16.6 Å². The number of hydrogen-bond acceptors (Lipinski definition) is 3. The molecule has 25 heavy (non-hydrogen) atoms. The molecule has 0 bridgehead atoms. The topological polar surface area (TPSA) is 72.9 Å². The second-order valence-electron chi connectivity index (χ2n) is 6.26. The number of fused-ring (bicyclic) bond motifs is 1. The monoisotopic (exact) mass is 339 g/mol. The third kappa shape index (κ3) is 3.00. The summed E-state index contributed by atoms with van der Waals surface area (Å²) in [6, 6.07) is 12.7. The lowest BCUT2D eigenvalue weighted by molar-refractivity contribution is 0.100. The van der Waals surface area contributed by atoms with Gasteiger partial charge in [-0.15, -0.1) is 0 Å². The maximum absolute atomic E-state index is 13.7. The predicted octanol–water partition coefficient (Wildman–Crippen LogP) is 2.54. The van der Waals surface area contributed by atoms with Gasteiger partial charge in [0.15, 0.2) is 0 Å². The van der Waals surface area contributed by atoms with Crippen molar-refractivity contribution < 1.29 is 10.6 Å². The average molecular weight is 339 g/mol. The van der Waals surface area contributed by atoms with Gasteiger partial charge in [-0.25, -0.2) is 9.07 Å². The lowest BCUT2D eigenvalue weighted by Crippen LogP contribution is -2.36. The van der Waals surface area contributed by atoms with Crippen molar-refractivity contribution in [2.75, 3.05) is 13.1 Å². The molecule has 1 aliphatic rings. The van der Waals surface area contributed by atoms with E-state index in [1.807, 2.05) is 36.5 Å². The second kappa shape index (κ2) is 6.29. The maximum atomic E-state index is 13.7. The first-order valence-electron chi connectivity index (χ1n) is 8.70. The van der Waals surface area contributed by atoms with Crippen molar-refractivity contribution in [2.24, 2.45) is 5.73 Å². The molecule has 2 aromatic carbocycles. The molecule has 3 N–H and O–H groups in total. The zero-order chi connectivity index (χ0) is 18.3. The van der Waals surface area contributed by atoms with E-state index in [1.165, 1.54) is 0 Å². The molecule has 1 aliphatic heterocycles. The van der Waals surface area contributed by atoms with Gasteiger partial charge in [0.05, 0.1) is 11.3 Å². The third-order valence-corrected chi connectivity index (χ3v) is 4.51. The molecule has 6 heteroatoms. The Bertz CT molecular complexity index is 971. The first kappa shape index (κ1) is 14.6. The zero-order valence-corrected chi connectivity index (χ0v) is 13.6. The van der Waals surface area contributed by atoms with Crippen LogP contribution in [0.2, 0.25) is 0 Å². The lowest BCUT2D eigenvalue weighted by atomic mass is 9.91. The largest absolute Gasteiger partial charge is 0.366 e. The summed E-state index contributed by atoms with van der Waals surface area (Å²) in [5, 5.41) is 8.27. The number of rotatable bonds is 3. The number of carbonyl (C=O) groups is 1. The number of amides is 1. The molecular weight excluding hydrogens is 319 g/mol. The van der Waals surface area contributed by atoms with E-state index in [-0.39, 0.29) is 6.42 Å². The van der Waals surface area contributed by atoms with Crippen LogP contribution in [0.4, 0.5) is 4.39 Å². The molecule has 3 aromatic rings. The van der Waals surface area contributed by atoms with Gasteiger partial charge in [-0.1, -0.05) is 24.3 Å². The van der Waals surface area contributed by atoms with Crippen LogP contribution in [0.15, 0.2) is 48.7 Å². The molecule has 0 aliphatic carbocycles. The Labute approximate surface area is 146 Å². The number of alkyl halides is 1. The van der Waals surface area contributed by atoms with Crippen LogP contribution in [0.5, 0.6) is 0 Å². The Morgan fingerprint density at radius 1 is 1.28 bits per heavy atom. The van der Waals surface area contributed by atoms with Gasteiger partial charge in [0.25, 0.3) is 5.91 Å². The average Bonchev–Trinajstić information content (AvgIpc) is 3.05. The van der Waals surface area contributed by atoms with Crippen LogP contribution in [0.3, 0.4) is 0 Å². The smallest absolute Gasteiger partial charge is 0.250 e. The van der Waals surface area contributed by atoms with Crippen molar-refractivity contribution in [2.45, 2.75) is 18.5 Å². The molecule has 4 rings (SSSR count). The minimum Gasteiger partial charge on any atom is -0.366 e. The first-order valence-corrected chi connectivity index (χ1v) is 8.20. The second-order valence-corrected chi connectivity index (χ2v) is 6.26. The van der Waals surface area contributed by atoms with Gasteiger partial charge in [0.2, 0.25) is 0 Å². The summed E-state index contributed by atoms with van der Waals surface area (Å²) in [6.07, 6.45) is 1.00. The van der Waals surface area contributed by atoms with Crippen molar-refractivity contribution in [1.29, 1.82) is 0 Å². The summed E-state index contributed by atoms with van der Waals surface area (Å²) in [6.45, 7) is 0.737. The molecule has 5 nitrogen and oxygen atoms in total. The molecule has 0 radical (unpaired) electrons. The zero-order valence-electron chi connectivity index (χ0n) is 14.6. The number of aromatic nitrogens is 2. The summed E-state index contributed by atoms with van der Waals surface area (Å²) in [5.74, 6) is -1.48. The van der Waals surface area contributed by atoms with Crippen LogP contribution in [0, 0.1) is 0 Å². The Morgan fingerprint density at radius 3 is 2.80 bits per heavy atom. The normalized spacial score (nSPS) is 24.2. The van der Waals surface area contributed by atoms with E-state index in [0.29, 0.717) is 24.2 Å². The summed E-state index contributed by atoms with van der Waals surface area (Å²) >= 11 is 0. The number of nitrogens with two attached hydrogens (primary N) is 1. The van der Waals surface area contributed by atoms with Crippen molar-refractivity contribution in [3.63, 3.8) is 0 Å². The highest BCUT2D eigenvalue weighted by atomic mass is 19.1. The van der Waals surface area contributed by atoms with E-state index >= 15 is 0 Å². The molecule has 0 unspecified atom stereocenters. The number of primary amides is 1. The van der Waals surface area contributed by atoms with Gasteiger partial charge in [0, 0.05) is 26.0 Å². The highest BCUT2D eigenvalue weighted by Gasteiger charge is 2.22. The van der Waals surface area contributed by atoms with E-state index in [4.69, 9.17) is 7.10 Å². The van der Waals surface area contributed by atoms with Crippen LogP contribution in [-0.2, 0) is 0 Å². The summed E-state index contributed by atoms with van der Waals surface area (Å²) in [7, 11) is 0. The number of nitrogens with zero attached hydrogens (tertiary/aromatic N) is 2. The molecule has 2 atom stereocenters. The minimum absolute atomic E-state index is 0.187. The van der Waals surface area contributed by atoms with Crippen molar-refractivity contribution in [3.8, 4) is 5.69 Å². The van der Waals surface area contributed by atoms with Gasteiger partial charge in [0.1, 0.15) is 11.7 Å². The first-order chi connectivity index (χ1) is 12.5. The van der Waals surface area contributed by atoms with Gasteiger partial charge in [-0.3, -0.25) is 4.79 Å². The number of benzene rings is 2. The van der Waals surface area contributed by atoms with Crippen LogP contribution in [0.1, 0.15) is 29.6 Å².